The molecule has 2 aromatic rings. The molecule has 1 saturated carbocycles. The van der Waals surface area contributed by atoms with Crippen molar-refractivity contribution in [2.24, 2.45) is 0 Å². The summed E-state index contributed by atoms with van der Waals surface area (Å²) in [4.78, 5) is 4.48. The summed E-state index contributed by atoms with van der Waals surface area (Å²) in [6.45, 7) is 2.71. The molecule has 1 fully saturated rings. The molecular weight excluding hydrogens is 316 g/mol. The van der Waals surface area contributed by atoms with Crippen LogP contribution in [0.5, 0.6) is 0 Å². The van der Waals surface area contributed by atoms with Crippen LogP contribution in [-0.4, -0.2) is 14.8 Å². The Bertz CT molecular complexity index is 587. The summed E-state index contributed by atoms with van der Waals surface area (Å²) >= 11 is 3.46. The minimum absolute atomic E-state index is 0.608. The summed E-state index contributed by atoms with van der Waals surface area (Å²) in [6.07, 6.45) is 7.30. The summed E-state index contributed by atoms with van der Waals surface area (Å²) in [6, 6.07) is 6.70. The number of aryl methyl sites for hydroxylation is 1. The van der Waals surface area contributed by atoms with E-state index in [1.807, 2.05) is 19.1 Å². The van der Waals surface area contributed by atoms with Crippen molar-refractivity contribution in [3.05, 3.63) is 40.3 Å². The number of rotatable bonds is 4. The van der Waals surface area contributed by atoms with Gasteiger partial charge in [-0.05, 0) is 53.9 Å². The fourth-order valence-electron chi connectivity index (χ4n) is 2.67. The number of nitrogens with one attached hydrogen (secondary N) is 1. The molecule has 5 heteroatoms. The SMILES string of the molecule is Cc1nc(NCc2ccn(C3CCCC3)n2)ccc1Br. The Hall–Kier alpha value is -1.36. The van der Waals surface area contributed by atoms with Crippen molar-refractivity contribution in [2.75, 3.05) is 5.32 Å². The van der Waals surface area contributed by atoms with E-state index in [0.717, 1.165) is 21.7 Å². The predicted octanol–water partition coefficient (Wildman–Crippen LogP) is 4.08. The fourth-order valence-corrected chi connectivity index (χ4v) is 2.89. The molecule has 0 bridgehead atoms. The van der Waals surface area contributed by atoms with Crippen LogP contribution in [0.25, 0.3) is 0 Å². The van der Waals surface area contributed by atoms with Gasteiger partial charge in [-0.2, -0.15) is 5.10 Å². The Kier molecular flexibility index (Phi) is 4.05. The van der Waals surface area contributed by atoms with Crippen LogP contribution in [0.4, 0.5) is 5.82 Å². The van der Waals surface area contributed by atoms with Gasteiger partial charge in [-0.15, -0.1) is 0 Å². The van der Waals surface area contributed by atoms with E-state index in [1.54, 1.807) is 0 Å². The molecule has 2 heterocycles. The second kappa shape index (κ2) is 5.95. The molecule has 4 nitrogen and oxygen atoms in total. The van der Waals surface area contributed by atoms with E-state index in [4.69, 9.17) is 0 Å². The second-order valence-electron chi connectivity index (χ2n) is 5.34. The molecule has 0 unspecified atom stereocenters. The van der Waals surface area contributed by atoms with Gasteiger partial charge in [0.1, 0.15) is 5.82 Å². The van der Waals surface area contributed by atoms with Gasteiger partial charge in [-0.25, -0.2) is 4.98 Å². The lowest BCUT2D eigenvalue weighted by Gasteiger charge is -2.09. The monoisotopic (exact) mass is 334 g/mol. The summed E-state index contributed by atoms with van der Waals surface area (Å²) in [5, 5.41) is 7.99. The number of pyridine rings is 1. The average Bonchev–Trinajstić information content (AvgIpc) is 3.09. The molecule has 1 aliphatic rings. The quantitative estimate of drug-likeness (QED) is 0.916. The summed E-state index contributed by atoms with van der Waals surface area (Å²) in [5.74, 6) is 0.890. The Morgan fingerprint density at radius 3 is 2.85 bits per heavy atom. The van der Waals surface area contributed by atoms with Gasteiger partial charge in [0.2, 0.25) is 0 Å². The van der Waals surface area contributed by atoms with Gasteiger partial charge < -0.3 is 5.32 Å². The molecular formula is C15H19BrN4. The highest BCUT2D eigenvalue weighted by molar-refractivity contribution is 9.10. The third-order valence-corrected chi connectivity index (χ3v) is 4.67. The van der Waals surface area contributed by atoms with Gasteiger partial charge in [0.25, 0.3) is 0 Å². The zero-order valence-corrected chi connectivity index (χ0v) is 13.2. The van der Waals surface area contributed by atoms with Gasteiger partial charge in [0.05, 0.1) is 24.0 Å². The minimum Gasteiger partial charge on any atom is -0.364 e. The normalized spacial score (nSPS) is 15.7. The lowest BCUT2D eigenvalue weighted by molar-refractivity contribution is 0.463. The standard InChI is InChI=1S/C15H19BrN4/c1-11-14(16)6-7-15(18-11)17-10-12-8-9-20(19-12)13-4-2-3-5-13/h6-9,13H,2-5,10H2,1H3,(H,17,18). The van der Waals surface area contributed by atoms with Crippen molar-refractivity contribution in [1.82, 2.24) is 14.8 Å². The van der Waals surface area contributed by atoms with Crippen LogP contribution in [-0.2, 0) is 6.54 Å². The molecule has 2 aromatic heterocycles. The number of nitrogens with zero attached hydrogens (tertiary/aromatic N) is 3. The molecule has 0 aliphatic heterocycles. The molecule has 3 rings (SSSR count). The highest BCUT2D eigenvalue weighted by Gasteiger charge is 2.17. The molecule has 1 N–H and O–H groups in total. The number of hydrogen-bond donors (Lipinski definition) is 1. The zero-order chi connectivity index (χ0) is 13.9. The first-order chi connectivity index (χ1) is 9.72. The summed E-state index contributed by atoms with van der Waals surface area (Å²) in [5.41, 5.74) is 2.06. The average molecular weight is 335 g/mol. The van der Waals surface area contributed by atoms with Gasteiger partial charge in [-0.3, -0.25) is 4.68 Å². The topological polar surface area (TPSA) is 42.7 Å². The van der Waals surface area contributed by atoms with E-state index < -0.39 is 0 Å². The van der Waals surface area contributed by atoms with E-state index in [2.05, 4.69) is 48.3 Å². The first-order valence-corrected chi connectivity index (χ1v) is 7.93. The van der Waals surface area contributed by atoms with Crippen LogP contribution in [0, 0.1) is 6.92 Å². The van der Waals surface area contributed by atoms with E-state index in [-0.39, 0.29) is 0 Å². The molecule has 0 saturated heterocycles. The maximum absolute atomic E-state index is 4.66. The van der Waals surface area contributed by atoms with Crippen LogP contribution in [0.2, 0.25) is 0 Å². The van der Waals surface area contributed by atoms with Crippen molar-refractivity contribution in [3.8, 4) is 0 Å². The highest BCUT2D eigenvalue weighted by atomic mass is 79.9. The van der Waals surface area contributed by atoms with Crippen LogP contribution >= 0.6 is 15.9 Å². The lowest BCUT2D eigenvalue weighted by Crippen LogP contribution is -2.07. The first kappa shape index (κ1) is 13.6. The first-order valence-electron chi connectivity index (χ1n) is 7.13. The van der Waals surface area contributed by atoms with E-state index >= 15 is 0 Å². The smallest absolute Gasteiger partial charge is 0.126 e. The van der Waals surface area contributed by atoms with Crippen molar-refractivity contribution >= 4 is 21.7 Å². The fraction of sp³-hybridized carbons (Fsp3) is 0.467. The summed E-state index contributed by atoms with van der Waals surface area (Å²) in [7, 11) is 0. The Balaban J connectivity index is 1.61. The Labute approximate surface area is 127 Å². The Morgan fingerprint density at radius 1 is 1.30 bits per heavy atom. The van der Waals surface area contributed by atoms with Crippen LogP contribution < -0.4 is 5.32 Å². The van der Waals surface area contributed by atoms with Gasteiger partial charge in [0.15, 0.2) is 0 Å². The molecule has 0 radical (unpaired) electrons. The minimum atomic E-state index is 0.608. The summed E-state index contributed by atoms with van der Waals surface area (Å²) < 4.78 is 3.16. The van der Waals surface area contributed by atoms with Gasteiger partial charge in [0, 0.05) is 10.7 Å². The molecule has 0 aromatic carbocycles. The van der Waals surface area contributed by atoms with Gasteiger partial charge in [-0.1, -0.05) is 12.8 Å². The number of anilines is 1. The van der Waals surface area contributed by atoms with Crippen molar-refractivity contribution < 1.29 is 0 Å². The second-order valence-corrected chi connectivity index (χ2v) is 6.20. The maximum Gasteiger partial charge on any atom is 0.126 e. The molecule has 0 amide bonds. The number of hydrogen-bond acceptors (Lipinski definition) is 3. The van der Waals surface area contributed by atoms with Crippen LogP contribution in [0.3, 0.4) is 0 Å². The molecule has 0 spiro atoms. The van der Waals surface area contributed by atoms with Crippen LogP contribution in [0.1, 0.15) is 43.1 Å². The van der Waals surface area contributed by atoms with Gasteiger partial charge >= 0.3 is 0 Å². The molecule has 1 aliphatic carbocycles. The highest BCUT2D eigenvalue weighted by Crippen LogP contribution is 2.28. The number of aromatic nitrogens is 3. The Morgan fingerprint density at radius 2 is 2.10 bits per heavy atom. The molecule has 106 valence electrons. The van der Waals surface area contributed by atoms with E-state index in [1.165, 1.54) is 25.7 Å². The third-order valence-electron chi connectivity index (χ3n) is 3.83. The zero-order valence-electron chi connectivity index (χ0n) is 11.6. The lowest BCUT2D eigenvalue weighted by atomic mass is 10.3. The molecule has 0 atom stereocenters. The van der Waals surface area contributed by atoms with Crippen LogP contribution in [0.15, 0.2) is 28.9 Å². The third kappa shape index (κ3) is 3.03. The predicted molar refractivity (Wildman–Crippen MR) is 83.7 cm³/mol. The largest absolute Gasteiger partial charge is 0.364 e. The molecule has 20 heavy (non-hydrogen) atoms. The van der Waals surface area contributed by atoms with Crippen molar-refractivity contribution in [2.45, 2.75) is 45.2 Å². The van der Waals surface area contributed by atoms with E-state index in [0.29, 0.717) is 12.6 Å². The van der Waals surface area contributed by atoms with Crippen molar-refractivity contribution in [1.29, 1.82) is 0 Å². The van der Waals surface area contributed by atoms with E-state index in [9.17, 15) is 0 Å². The maximum atomic E-state index is 4.66. The number of halogens is 1. The van der Waals surface area contributed by atoms with Crippen molar-refractivity contribution in [3.63, 3.8) is 0 Å².